The molecule has 0 radical (unpaired) electrons. The van der Waals surface area contributed by atoms with Gasteiger partial charge in [0.1, 0.15) is 0 Å². The molecule has 6 heterocycles. The Kier molecular flexibility index (Phi) is 18.9. The predicted octanol–water partition coefficient (Wildman–Crippen LogP) is 33.0. The summed E-state index contributed by atoms with van der Waals surface area (Å²) in [5, 5.41) is 5.71. The number of nitrogens with zero attached hydrogens (tertiary/aromatic N) is 4. The molecule has 13 aromatic rings. The molecule has 4 bridgehead atoms. The summed E-state index contributed by atoms with van der Waals surface area (Å²) in [6.45, 7) is 73.5. The van der Waals surface area contributed by atoms with Gasteiger partial charge in [-0.1, -0.05) is 267 Å². The van der Waals surface area contributed by atoms with Crippen LogP contribution in [0.2, 0.25) is 0 Å². The maximum absolute atomic E-state index is 2.90. The SMILES string of the molecule is Cc1cc2c3c(c1)N(c1ccc4c(c1)C(C)(C)CCC4(C)C)c1sc4cc5c(cc4c1B3c1cc(C(C)(C)C)ccc1N2c1cc2c(cc1-c1ccccc1)C(C)(C)CCC2(C)C)C1(C)CCC5(C)CC1CC(C)(C)c1cc2c3c(c1)N(c1ccc4c(c1)C(C)(C)CCC4(C)C)c1sc4cc5c(cc4c1B3c1cc(C(C)(C)C)ccc1N2c1ccc2c(c1)C(C)(C)CCC2(C)C)C1(C)CCC5(C)CC1. The summed E-state index contributed by atoms with van der Waals surface area (Å²) >= 11 is 4.21. The van der Waals surface area contributed by atoms with E-state index >= 15 is 0 Å². The first-order valence-electron chi connectivity index (χ1n) is 53.9. The van der Waals surface area contributed by atoms with Crippen LogP contribution in [0.3, 0.4) is 0 Å². The lowest BCUT2D eigenvalue weighted by molar-refractivity contribution is 0.0831. The molecule has 0 N–H and O–H groups in total. The number of benzene rings is 11. The van der Waals surface area contributed by atoms with Gasteiger partial charge in [0.05, 0.1) is 15.7 Å². The van der Waals surface area contributed by atoms with E-state index in [0.29, 0.717) is 5.92 Å². The van der Waals surface area contributed by atoms with Crippen LogP contribution in [0.15, 0.2) is 182 Å². The summed E-state index contributed by atoms with van der Waals surface area (Å²) in [4.78, 5) is 11.4. The number of fused-ring (bicyclic) bond motifs is 20. The number of anilines is 12. The monoisotopic (exact) mass is 1870 g/mol. The standard InChI is InChI=1S/C131H150B2N4S2/c1-76-59-105-113-106(60-76)137(104-71-95-94(125(20,21)51-52-126(95,22)23)68-85(104)77-33-31-30-32-34-77)103-44-36-79(118(5,6)7)62-101(103)133(113)112-87-70-99-98(73-110(87)139-115(112)135(105)83-38-41-89-92(66-83)123(16,17)49-46-120(89,10)11)130(28)57-58-131(99,29)81(75-130)74-127(24,25)80-63-107-114-108(64-80)136(84-39-42-90-93(67-84)124(18,19)50-47-121(90,12)13)116-111(86-69-96-97(72-109(86)138-116)129(27)55-53-128(96,26)54-56-129)132(114)100-61-78(117(2,3)4)35-43-102(100)134(107)82-37-40-88-91(65-82)122(14,15)48-45-119(88,8)9/h30-44,59-73,81H,45-58,74-75H2,1-29H3. The molecular weight excluding hydrogens is 1720 g/mol. The average Bonchev–Trinajstić information content (AvgIpc) is 1.59. The van der Waals surface area contributed by atoms with Gasteiger partial charge in [-0.2, -0.15) is 0 Å². The molecule has 4 nitrogen and oxygen atoms in total. The van der Waals surface area contributed by atoms with Crippen LogP contribution in [0, 0.1) is 12.8 Å². The number of hydrogen-bond donors (Lipinski definition) is 0. The van der Waals surface area contributed by atoms with E-state index in [0.717, 1.165) is 51.4 Å². The first-order valence-corrected chi connectivity index (χ1v) is 55.5. The van der Waals surface area contributed by atoms with Crippen molar-refractivity contribution in [2.24, 2.45) is 5.92 Å². The van der Waals surface area contributed by atoms with E-state index in [4.69, 9.17) is 0 Å². The molecule has 3 atom stereocenters. The molecule has 4 aliphatic heterocycles. The van der Waals surface area contributed by atoms with Crippen LogP contribution in [-0.4, -0.2) is 13.4 Å². The van der Waals surface area contributed by atoms with Gasteiger partial charge in [0.15, 0.2) is 0 Å². The molecule has 2 aromatic heterocycles. The molecule has 27 rings (SSSR count). The summed E-state index contributed by atoms with van der Waals surface area (Å²) in [5.41, 5.74) is 48.2. The zero-order chi connectivity index (χ0) is 97.6. The van der Waals surface area contributed by atoms with Crippen molar-refractivity contribution in [1.82, 2.24) is 0 Å². The van der Waals surface area contributed by atoms with Gasteiger partial charge >= 0.3 is 0 Å². The highest BCUT2D eigenvalue weighted by Gasteiger charge is 2.59. The molecule has 2 saturated carbocycles. The quantitative estimate of drug-likeness (QED) is 0.141. The van der Waals surface area contributed by atoms with Crippen molar-refractivity contribution >= 4 is 156 Å². The first kappa shape index (κ1) is 90.9. The number of hydrogen-bond acceptors (Lipinski definition) is 6. The van der Waals surface area contributed by atoms with Gasteiger partial charge in [0.25, 0.3) is 13.4 Å². The van der Waals surface area contributed by atoms with Crippen molar-refractivity contribution in [3.63, 3.8) is 0 Å². The van der Waals surface area contributed by atoms with Gasteiger partial charge in [0.2, 0.25) is 0 Å². The molecule has 14 aliphatic rings. The van der Waals surface area contributed by atoms with E-state index in [-0.39, 0.29) is 94.7 Å². The third kappa shape index (κ3) is 13.0. The second kappa shape index (κ2) is 28.8. The zero-order valence-corrected chi connectivity index (χ0v) is 91.1. The number of rotatable bonds is 8. The van der Waals surface area contributed by atoms with E-state index in [9.17, 15) is 0 Å². The Bertz CT molecular complexity index is 7520. The molecule has 2 fully saturated rings. The molecule has 712 valence electrons. The Morgan fingerprint density at radius 1 is 0.295 bits per heavy atom. The lowest BCUT2D eigenvalue weighted by Crippen LogP contribution is -2.61. The second-order valence-corrected chi connectivity index (χ2v) is 58.0. The van der Waals surface area contributed by atoms with E-state index in [1.165, 1.54) is 249 Å². The highest BCUT2D eigenvalue weighted by molar-refractivity contribution is 7.27. The van der Waals surface area contributed by atoms with Crippen molar-refractivity contribution in [2.75, 3.05) is 19.6 Å². The van der Waals surface area contributed by atoms with Gasteiger partial charge < -0.3 is 19.6 Å². The van der Waals surface area contributed by atoms with Gasteiger partial charge in [-0.05, 0) is 444 Å². The van der Waals surface area contributed by atoms with Crippen LogP contribution in [0.4, 0.5) is 66.9 Å². The minimum absolute atomic E-state index is 0.000252. The largest absolute Gasteiger partial charge is 0.311 e. The Hall–Kier alpha value is -9.33. The fraction of sp³-hybridized carbons (Fsp3) is 0.466. The molecular formula is C131H150B2N4S2. The molecule has 3 unspecified atom stereocenters. The normalized spacial score (nSPS) is 24.7. The average molecular weight is 1870 g/mol. The van der Waals surface area contributed by atoms with E-state index in [1.807, 2.05) is 0 Å². The van der Waals surface area contributed by atoms with Gasteiger partial charge in [0, 0.05) is 66.1 Å². The molecule has 11 aromatic carbocycles. The van der Waals surface area contributed by atoms with Crippen LogP contribution in [0.25, 0.3) is 31.3 Å². The van der Waals surface area contributed by atoms with Crippen LogP contribution >= 0.6 is 22.7 Å². The third-order valence-corrected chi connectivity index (χ3v) is 42.8. The highest BCUT2D eigenvalue weighted by atomic mass is 32.1. The minimum atomic E-state index is -0.306. The Morgan fingerprint density at radius 2 is 0.662 bits per heavy atom. The van der Waals surface area contributed by atoms with Crippen molar-refractivity contribution in [3.8, 4) is 11.1 Å². The maximum atomic E-state index is 2.90. The summed E-state index contributed by atoms with van der Waals surface area (Å²) in [5.74, 6) is 0.375. The Balaban J connectivity index is 0.710. The Morgan fingerprint density at radius 3 is 1.11 bits per heavy atom. The van der Waals surface area contributed by atoms with Crippen molar-refractivity contribution in [3.05, 3.63) is 271 Å². The topological polar surface area (TPSA) is 13.0 Å². The molecule has 8 heteroatoms. The molecule has 10 aliphatic carbocycles. The van der Waals surface area contributed by atoms with Crippen LogP contribution in [0.1, 0.15) is 386 Å². The molecule has 0 amide bonds. The third-order valence-electron chi connectivity index (χ3n) is 40.5. The van der Waals surface area contributed by atoms with Crippen LogP contribution in [-0.2, 0) is 81.2 Å². The lowest BCUT2D eigenvalue weighted by atomic mass is 9.33. The predicted molar refractivity (Wildman–Crippen MR) is 603 cm³/mol. The molecule has 0 saturated heterocycles. The first-order chi connectivity index (χ1) is 65.1. The number of aryl methyl sites for hydroxylation is 1. The highest BCUT2D eigenvalue weighted by Crippen LogP contribution is 2.67. The number of thiophene rings is 2. The smallest absolute Gasteiger partial charge is 0.254 e. The van der Waals surface area contributed by atoms with Crippen LogP contribution < -0.4 is 52.4 Å². The molecule has 0 spiro atoms. The lowest BCUT2D eigenvalue weighted by Gasteiger charge is -2.58. The second-order valence-electron chi connectivity index (χ2n) is 56.0. The van der Waals surface area contributed by atoms with Gasteiger partial charge in [-0.15, -0.1) is 22.7 Å². The van der Waals surface area contributed by atoms with E-state index in [2.05, 4.69) is 425 Å². The zero-order valence-electron chi connectivity index (χ0n) is 89.5. The van der Waals surface area contributed by atoms with Gasteiger partial charge in [-0.25, -0.2) is 0 Å². The van der Waals surface area contributed by atoms with Crippen molar-refractivity contribution < 1.29 is 0 Å². The molecule has 139 heavy (non-hydrogen) atoms. The summed E-state index contributed by atoms with van der Waals surface area (Å²) in [7, 11) is 0. The fourth-order valence-electron chi connectivity index (χ4n) is 30.5. The Labute approximate surface area is 842 Å². The summed E-state index contributed by atoms with van der Waals surface area (Å²) in [6.07, 6.45) is 18.9. The summed E-state index contributed by atoms with van der Waals surface area (Å²) in [6, 6.07) is 78.1. The minimum Gasteiger partial charge on any atom is -0.311 e. The summed E-state index contributed by atoms with van der Waals surface area (Å²) < 4.78 is 2.88. The maximum Gasteiger partial charge on any atom is 0.254 e. The van der Waals surface area contributed by atoms with Gasteiger partial charge in [-0.3, -0.25) is 0 Å². The van der Waals surface area contributed by atoms with Crippen LogP contribution in [0.5, 0.6) is 0 Å². The van der Waals surface area contributed by atoms with Crippen molar-refractivity contribution in [1.29, 1.82) is 0 Å². The van der Waals surface area contributed by atoms with Crippen molar-refractivity contribution in [2.45, 2.75) is 385 Å². The van der Waals surface area contributed by atoms with E-state index in [1.54, 1.807) is 22.3 Å². The fourth-order valence-corrected chi connectivity index (χ4v) is 33.1. The van der Waals surface area contributed by atoms with E-state index < -0.39 is 0 Å².